The smallest absolute Gasteiger partial charge is 0.417 e. The lowest BCUT2D eigenvalue weighted by Gasteiger charge is -2.13. The second-order valence-electron chi connectivity index (χ2n) is 19.6. The van der Waals surface area contributed by atoms with Crippen LogP contribution in [-0.4, -0.2) is 96.3 Å². The van der Waals surface area contributed by atoms with Gasteiger partial charge in [0.25, 0.3) is 11.8 Å². The molecule has 7 aromatic carbocycles. The van der Waals surface area contributed by atoms with Crippen molar-refractivity contribution in [3.63, 3.8) is 0 Å². The number of aromatic nitrogens is 3. The van der Waals surface area contributed by atoms with Crippen LogP contribution in [0.5, 0.6) is 46.0 Å². The second kappa shape index (κ2) is 41.4. The summed E-state index contributed by atoms with van der Waals surface area (Å²) in [5.41, 5.74) is 7.69. The highest BCUT2D eigenvalue weighted by molar-refractivity contribution is 7.49. The Morgan fingerprint density at radius 2 is 0.904 bits per heavy atom. The maximum absolute atomic E-state index is 14.4. The number of hydrogen-bond donors (Lipinski definition) is 7. The summed E-state index contributed by atoms with van der Waals surface area (Å²) >= 11 is 15.8. The Bertz CT molecular complexity index is 4770. The number of nitrogens with one attached hydrogen (secondary N) is 5. The Labute approximate surface area is 617 Å². The Hall–Kier alpha value is -11.5. The molecule has 20 nitrogen and oxygen atoms in total. The summed E-state index contributed by atoms with van der Waals surface area (Å²) in [5, 5.41) is 9.50. The van der Waals surface area contributed by atoms with Crippen molar-refractivity contribution in [1.82, 2.24) is 25.6 Å². The number of urea groups is 1. The average molecular weight is 1490 g/mol. The second-order valence-corrected chi connectivity index (χ2v) is 20.8. The van der Waals surface area contributed by atoms with Gasteiger partial charge >= 0.3 is 29.9 Å². The van der Waals surface area contributed by atoms with Crippen molar-refractivity contribution >= 4 is 131 Å². The van der Waals surface area contributed by atoms with Crippen molar-refractivity contribution in [2.24, 2.45) is 0 Å². The monoisotopic (exact) mass is 1490 g/mol. The highest BCUT2D eigenvalue weighted by atomic mass is 35.5. The predicted octanol–water partition coefficient (Wildman–Crippen LogP) is 16.0. The quantitative estimate of drug-likeness (QED) is 0.0245. The zero-order valence-corrected chi connectivity index (χ0v) is 55.4. The molecule has 529 valence electrons. The third-order valence-corrected chi connectivity index (χ3v) is 12.5. The molecule has 0 unspecified atom stereocenters. The normalized spacial score (nSPS) is 11.3. The number of benzene rings is 7. The number of amides is 5. The summed E-state index contributed by atoms with van der Waals surface area (Å²) in [6, 6.07) is 42.1. The molecule has 10 aromatic rings. The maximum atomic E-state index is 14.4. The zero-order valence-electron chi connectivity index (χ0n) is 59.1. The van der Waals surface area contributed by atoms with Gasteiger partial charge in [0, 0.05) is 144 Å². The van der Waals surface area contributed by atoms with E-state index in [4.69, 9.17) is 73.4 Å². The molecule has 3 heterocycles. The van der Waals surface area contributed by atoms with Gasteiger partial charge in [-0.15, -0.1) is 0 Å². The molecular formula is C67H52B5Cl3F9N10O10. The zero-order chi connectivity index (χ0) is 81.0. The molecule has 0 spiro atoms. The number of halogens is 12. The molecule has 0 saturated carbocycles. The van der Waals surface area contributed by atoms with Crippen molar-refractivity contribution in [2.45, 2.75) is 19.3 Å². The van der Waals surface area contributed by atoms with Crippen molar-refractivity contribution < 1.29 is 95.4 Å². The lowest BCUT2D eigenvalue weighted by Crippen LogP contribution is -2.20. The largest absolute Gasteiger partial charge is 0.457 e. The number of nitrogens with zero attached hydrogens (tertiary/aromatic N) is 3. The summed E-state index contributed by atoms with van der Waals surface area (Å²) in [4.78, 5) is 69.3. The number of nitrogens with two attached hydrogens (primary N) is 2. The van der Waals surface area contributed by atoms with Gasteiger partial charge in [0.1, 0.15) is 69.0 Å². The first-order valence-corrected chi connectivity index (χ1v) is 29.6. The van der Waals surface area contributed by atoms with Gasteiger partial charge in [-0.05, 0) is 122 Å². The van der Waals surface area contributed by atoms with Gasteiger partial charge in [0.2, 0.25) is 0 Å². The Morgan fingerprint density at radius 1 is 0.490 bits per heavy atom. The number of anilines is 5. The van der Waals surface area contributed by atoms with Crippen LogP contribution in [0.25, 0.3) is 0 Å². The lowest BCUT2D eigenvalue weighted by molar-refractivity contribution is -0.138. The van der Waals surface area contributed by atoms with E-state index in [-0.39, 0.29) is 82.0 Å². The highest BCUT2D eigenvalue weighted by Gasteiger charge is 2.34. The predicted molar refractivity (Wildman–Crippen MR) is 381 cm³/mol. The van der Waals surface area contributed by atoms with Crippen molar-refractivity contribution in [3.05, 3.63) is 262 Å². The van der Waals surface area contributed by atoms with Crippen LogP contribution in [0.3, 0.4) is 0 Å². The van der Waals surface area contributed by atoms with Gasteiger partial charge in [0.15, 0.2) is 5.82 Å². The minimum absolute atomic E-state index is 0. The molecule has 0 bridgehead atoms. The van der Waals surface area contributed by atoms with E-state index in [9.17, 15) is 63.5 Å². The van der Waals surface area contributed by atoms with Crippen molar-refractivity contribution in [1.29, 1.82) is 0 Å². The fraction of sp³-hybridized carbons (Fsp3) is 0.0746. The van der Waals surface area contributed by atoms with E-state index in [1.165, 1.54) is 85.2 Å². The first-order valence-electron chi connectivity index (χ1n) is 31.5. The number of carbonyl (C=O) groups excluding carboxylic acids is 5. The van der Waals surface area contributed by atoms with Gasteiger partial charge < -0.3 is 56.4 Å². The van der Waals surface area contributed by atoms with E-state index in [0.717, 1.165) is 42.1 Å². The lowest BCUT2D eigenvalue weighted by atomic mass is 9.08. The van der Waals surface area contributed by atoms with Gasteiger partial charge in [-0.3, -0.25) is 29.9 Å². The van der Waals surface area contributed by atoms with Gasteiger partial charge in [-0.1, -0.05) is 59.6 Å². The van der Waals surface area contributed by atoms with Crippen LogP contribution in [0.15, 0.2) is 207 Å². The maximum Gasteiger partial charge on any atom is 0.417 e. The highest BCUT2D eigenvalue weighted by Crippen LogP contribution is 2.38. The molecule has 3 aromatic heterocycles. The van der Waals surface area contributed by atoms with Crippen LogP contribution in [0, 0.1) is 24.4 Å². The topological polar surface area (TPSA) is 282 Å². The third-order valence-electron chi connectivity index (χ3n) is 11.8. The molecule has 0 saturated heterocycles. The van der Waals surface area contributed by atoms with Crippen LogP contribution in [0.4, 0.5) is 82.3 Å². The minimum atomic E-state index is -4.68. The van der Waals surface area contributed by atoms with E-state index >= 15 is 0 Å². The third kappa shape index (κ3) is 30.0. The number of alkyl halides is 6. The standard InChI is InChI=1S/C20H14ClF4N3O2.C20H16FN3O4.C13H12FN3O2.C7H5ClF3N.C7H5ClO2.B4.B/c1-11-8-14(6-7-26-11)30-13-3-5-18(17(22)10-13)28-19(29)27-12-2-4-16(21)15(9-12)20(23,24)25;1-22-19(25)18-12-15(9-10-23-18)27-14-7-8-17(16(21)11-14)24-20(26)28-13-5-3-2-4-6-13;1-16-13(18)12-7-9(4-5-17-12)19-8-2-3-11(15)10(14)6-8;8-6-2-1-4(12)3-5(6)7(9,10)11;8-7(9)10-6-4-2-1-3-5-6;1-4(2)3;/h2-10H,1H3,(H2,27,28,29);2-12H,1H3,(H,22,25)(H,24,26);2-7H,15H2,1H3,(H,16,18);1-3H,12H2;1-5H;;/i;2*1D3;;;;. The summed E-state index contributed by atoms with van der Waals surface area (Å²) in [7, 11) is 14.0. The number of pyridine rings is 3. The van der Waals surface area contributed by atoms with E-state index in [0.29, 0.717) is 23.3 Å². The first kappa shape index (κ1) is 75.2. The van der Waals surface area contributed by atoms with Gasteiger partial charge in [0.05, 0.1) is 38.2 Å². The molecule has 9 radical (unpaired) electrons. The number of aryl methyl sites for hydroxylation is 1. The fourth-order valence-electron chi connectivity index (χ4n) is 7.39. The van der Waals surface area contributed by atoms with E-state index < -0.39 is 95.7 Å². The van der Waals surface area contributed by atoms with E-state index in [2.05, 4.69) is 58.9 Å². The minimum Gasteiger partial charge on any atom is -0.457 e. The molecule has 0 aliphatic heterocycles. The summed E-state index contributed by atoms with van der Waals surface area (Å²) < 4.78 is 185. The van der Waals surface area contributed by atoms with Crippen LogP contribution in [0.1, 0.15) is 46.0 Å². The number of carbonyl (C=O) groups is 5. The number of para-hydroxylation sites is 2. The number of ether oxygens (including phenoxy) is 5. The first-order chi connectivity index (χ1) is 51.0. The van der Waals surface area contributed by atoms with Crippen LogP contribution >= 0.6 is 34.8 Å². The Kier molecular flexibility index (Phi) is 29.9. The van der Waals surface area contributed by atoms with Crippen molar-refractivity contribution in [2.75, 3.05) is 41.4 Å². The molecule has 37 heteroatoms. The Morgan fingerprint density at radius 3 is 1.34 bits per heavy atom. The van der Waals surface area contributed by atoms with Crippen molar-refractivity contribution in [3.8, 4) is 46.0 Å². The summed E-state index contributed by atoms with van der Waals surface area (Å²) in [6.07, 6.45) is -6.58. The van der Waals surface area contributed by atoms with Gasteiger partial charge in [-0.2, -0.15) is 26.3 Å². The van der Waals surface area contributed by atoms with E-state index in [1.807, 2.05) is 16.7 Å². The molecule has 0 atom stereocenters. The van der Waals surface area contributed by atoms with Crippen LogP contribution in [-0.2, 0) is 12.4 Å². The molecule has 0 aliphatic rings. The molecule has 10 rings (SSSR count). The molecular weight excluding hydrogens is 1440 g/mol. The Balaban J connectivity index is 0.000000301. The van der Waals surface area contributed by atoms with Crippen LogP contribution < -0.4 is 61.7 Å². The summed E-state index contributed by atoms with van der Waals surface area (Å²) in [5.74, 6) is -1.97. The van der Waals surface area contributed by atoms with Crippen LogP contribution in [0.2, 0.25) is 10.0 Å². The number of nitrogen functional groups attached to an aromatic ring is 2. The fourth-order valence-corrected chi connectivity index (χ4v) is 7.93. The molecule has 9 N–H and O–H groups in total. The molecule has 0 fully saturated rings. The molecule has 0 aliphatic carbocycles. The SMILES string of the molecule is Cc1cc(Oc2ccc(NC(=O)Nc3ccc(Cl)c(C(F)(F)F)c3)c(F)c2)ccn1.Nc1ccc(Cl)c(C(F)(F)F)c1.O=C(Cl)Oc1ccccc1.[2H]C([2H])([2H])NC(=O)c1cc(Oc2ccc(N)c(F)c2)ccn1.[2H]C([2H])([2H])NC(=O)c1cc(Oc2ccc(NC(=O)Oc3ccccc3)c(F)c2)ccn1.[B].[B]B([B])[B]. The molecule has 5 amide bonds. The average Bonchev–Trinajstić information content (AvgIpc) is 0.833. The molecule has 104 heavy (non-hydrogen) atoms. The number of rotatable bonds is 13. The summed E-state index contributed by atoms with van der Waals surface area (Å²) in [6.45, 7) is -3.50. The van der Waals surface area contributed by atoms with E-state index in [1.54, 1.807) is 79.9 Å². The number of hydrogen-bond acceptors (Lipinski definition) is 15. The van der Waals surface area contributed by atoms with Gasteiger partial charge in [-0.25, -0.2) is 27.6 Å².